The van der Waals surface area contributed by atoms with Gasteiger partial charge in [-0.05, 0) is 43.0 Å². The van der Waals surface area contributed by atoms with Crippen LogP contribution in [-0.2, 0) is 27.1 Å². The molecule has 2 aromatic rings. The molecule has 0 saturated carbocycles. The number of likely N-dealkylation sites (tertiary alicyclic amines) is 2. The molecule has 0 aromatic heterocycles. The minimum absolute atomic E-state index is 0.0276. The van der Waals surface area contributed by atoms with Gasteiger partial charge in [-0.1, -0.05) is 42.0 Å². The van der Waals surface area contributed by atoms with Crippen LogP contribution in [0.15, 0.2) is 48.5 Å². The first-order valence-corrected chi connectivity index (χ1v) is 11.7. The number of hydrogen-bond donors (Lipinski definition) is 1. The first kappa shape index (κ1) is 24.9. The van der Waals surface area contributed by atoms with Crippen LogP contribution >= 0.6 is 0 Å². The van der Waals surface area contributed by atoms with Gasteiger partial charge in [0, 0.05) is 38.5 Å². The standard InChI is InChI=1S/C26H28F3N3O3/c1-17-13-18(15-20(14-17)26(27,28)29)16-30-25(35)24(19-5-3-2-4-6-19)31-11-9-21(10-12-31)32-22(33)7-8-23(32)34/h2-6,13-15,21,24H,7-12,16H2,1H3,(H,30,35). The summed E-state index contributed by atoms with van der Waals surface area (Å²) in [4.78, 5) is 40.9. The quantitative estimate of drug-likeness (QED) is 0.626. The Bertz CT molecular complexity index is 1080. The highest BCUT2D eigenvalue weighted by molar-refractivity contribution is 6.02. The van der Waals surface area contributed by atoms with E-state index in [4.69, 9.17) is 0 Å². The van der Waals surface area contributed by atoms with Crippen molar-refractivity contribution in [3.63, 3.8) is 0 Å². The van der Waals surface area contributed by atoms with Crippen LogP contribution in [0.5, 0.6) is 0 Å². The van der Waals surface area contributed by atoms with Gasteiger partial charge in [0.2, 0.25) is 17.7 Å². The van der Waals surface area contributed by atoms with Gasteiger partial charge < -0.3 is 5.32 Å². The van der Waals surface area contributed by atoms with E-state index >= 15 is 0 Å². The van der Waals surface area contributed by atoms with Crippen LogP contribution in [-0.4, -0.2) is 46.7 Å². The molecule has 0 spiro atoms. The molecule has 0 radical (unpaired) electrons. The Kier molecular flexibility index (Phi) is 7.25. The number of carbonyl (C=O) groups excluding carboxylic acids is 3. The van der Waals surface area contributed by atoms with Gasteiger partial charge in [-0.2, -0.15) is 13.2 Å². The minimum Gasteiger partial charge on any atom is -0.350 e. The van der Waals surface area contributed by atoms with Crippen molar-refractivity contribution in [2.24, 2.45) is 0 Å². The van der Waals surface area contributed by atoms with E-state index in [2.05, 4.69) is 5.32 Å². The van der Waals surface area contributed by atoms with Gasteiger partial charge in [0.15, 0.2) is 0 Å². The fourth-order valence-electron chi connectivity index (χ4n) is 4.98. The summed E-state index contributed by atoms with van der Waals surface area (Å²) in [6, 6.07) is 12.2. The highest BCUT2D eigenvalue weighted by Crippen LogP contribution is 2.31. The third kappa shape index (κ3) is 5.73. The molecule has 2 saturated heterocycles. The zero-order chi connectivity index (χ0) is 25.2. The van der Waals surface area contributed by atoms with E-state index in [1.807, 2.05) is 35.2 Å². The van der Waals surface area contributed by atoms with E-state index in [0.717, 1.165) is 17.7 Å². The van der Waals surface area contributed by atoms with Crippen molar-refractivity contribution in [2.45, 2.75) is 57.4 Å². The maximum atomic E-state index is 13.3. The van der Waals surface area contributed by atoms with Gasteiger partial charge in [-0.15, -0.1) is 0 Å². The molecule has 1 atom stereocenters. The maximum absolute atomic E-state index is 13.3. The highest BCUT2D eigenvalue weighted by Gasteiger charge is 2.39. The van der Waals surface area contributed by atoms with Crippen LogP contribution in [0.3, 0.4) is 0 Å². The lowest BCUT2D eigenvalue weighted by Gasteiger charge is -2.39. The number of imide groups is 1. The molecule has 0 aliphatic carbocycles. The molecular weight excluding hydrogens is 459 g/mol. The van der Waals surface area contributed by atoms with Crippen LogP contribution in [0.1, 0.15) is 54.0 Å². The number of nitrogens with zero attached hydrogens (tertiary/aromatic N) is 2. The number of halogens is 3. The lowest BCUT2D eigenvalue weighted by molar-refractivity contribution is -0.143. The van der Waals surface area contributed by atoms with Gasteiger partial charge >= 0.3 is 6.18 Å². The number of piperidine rings is 1. The summed E-state index contributed by atoms with van der Waals surface area (Å²) in [6.45, 7) is 2.59. The maximum Gasteiger partial charge on any atom is 0.416 e. The average molecular weight is 488 g/mol. The normalized spacial score (nSPS) is 18.7. The number of nitrogens with one attached hydrogen (secondary N) is 1. The number of rotatable bonds is 6. The number of aryl methyl sites for hydroxylation is 1. The molecule has 186 valence electrons. The van der Waals surface area contributed by atoms with Crippen molar-refractivity contribution in [2.75, 3.05) is 13.1 Å². The summed E-state index contributed by atoms with van der Waals surface area (Å²) in [7, 11) is 0. The Morgan fingerprint density at radius 2 is 1.66 bits per heavy atom. The van der Waals surface area contributed by atoms with Crippen LogP contribution in [0.2, 0.25) is 0 Å². The molecule has 9 heteroatoms. The van der Waals surface area contributed by atoms with Crippen molar-refractivity contribution < 1.29 is 27.6 Å². The largest absolute Gasteiger partial charge is 0.416 e. The predicted molar refractivity (Wildman–Crippen MR) is 123 cm³/mol. The van der Waals surface area contributed by atoms with Gasteiger partial charge in [0.25, 0.3) is 0 Å². The molecule has 1 unspecified atom stereocenters. The Hall–Kier alpha value is -3.20. The number of benzene rings is 2. The van der Waals surface area contributed by atoms with Crippen LogP contribution in [0.25, 0.3) is 0 Å². The lowest BCUT2D eigenvalue weighted by atomic mass is 9.97. The predicted octanol–water partition coefficient (Wildman–Crippen LogP) is 3.98. The number of hydrogen-bond acceptors (Lipinski definition) is 4. The SMILES string of the molecule is Cc1cc(CNC(=O)C(c2ccccc2)N2CCC(N3C(=O)CCC3=O)CC2)cc(C(F)(F)F)c1. The fraction of sp³-hybridized carbons (Fsp3) is 0.423. The zero-order valence-corrected chi connectivity index (χ0v) is 19.5. The van der Waals surface area contributed by atoms with E-state index in [1.165, 1.54) is 4.90 Å². The molecule has 3 amide bonds. The summed E-state index contributed by atoms with van der Waals surface area (Å²) in [6.07, 6.45) is -2.81. The van der Waals surface area contributed by atoms with Gasteiger partial charge in [0.1, 0.15) is 6.04 Å². The topological polar surface area (TPSA) is 69.7 Å². The second-order valence-electron chi connectivity index (χ2n) is 9.16. The highest BCUT2D eigenvalue weighted by atomic mass is 19.4. The smallest absolute Gasteiger partial charge is 0.350 e. The van der Waals surface area contributed by atoms with Crippen LogP contribution in [0.4, 0.5) is 13.2 Å². The lowest BCUT2D eigenvalue weighted by Crippen LogP contribution is -2.50. The van der Waals surface area contributed by atoms with Gasteiger partial charge in [-0.3, -0.25) is 24.2 Å². The Balaban J connectivity index is 1.47. The summed E-state index contributed by atoms with van der Waals surface area (Å²) in [5.74, 6) is -0.581. The van der Waals surface area contributed by atoms with E-state index in [0.29, 0.717) is 37.1 Å². The van der Waals surface area contributed by atoms with Crippen molar-refractivity contribution in [3.8, 4) is 0 Å². The molecule has 0 bridgehead atoms. The molecule has 2 fully saturated rings. The minimum atomic E-state index is -4.46. The molecule has 1 N–H and O–H groups in total. The second kappa shape index (κ2) is 10.2. The van der Waals surface area contributed by atoms with Crippen LogP contribution in [0, 0.1) is 6.92 Å². The number of alkyl halides is 3. The average Bonchev–Trinajstić information content (AvgIpc) is 3.16. The van der Waals surface area contributed by atoms with Gasteiger partial charge in [-0.25, -0.2) is 0 Å². The third-order valence-electron chi connectivity index (χ3n) is 6.61. The number of amides is 3. The Labute approximate surface area is 202 Å². The fourth-order valence-corrected chi connectivity index (χ4v) is 4.98. The molecule has 2 aliphatic heterocycles. The first-order chi connectivity index (χ1) is 16.6. The van der Waals surface area contributed by atoms with Crippen LogP contribution < -0.4 is 5.32 Å². The van der Waals surface area contributed by atoms with Crippen molar-refractivity contribution in [3.05, 3.63) is 70.8 Å². The molecule has 35 heavy (non-hydrogen) atoms. The zero-order valence-electron chi connectivity index (χ0n) is 19.5. The molecule has 2 heterocycles. The van der Waals surface area contributed by atoms with E-state index in [1.54, 1.807) is 13.0 Å². The summed E-state index contributed by atoms with van der Waals surface area (Å²) in [5.41, 5.74) is 0.880. The monoisotopic (exact) mass is 487 g/mol. The summed E-state index contributed by atoms with van der Waals surface area (Å²) in [5, 5.41) is 2.81. The second-order valence-corrected chi connectivity index (χ2v) is 9.16. The van der Waals surface area contributed by atoms with Crippen molar-refractivity contribution >= 4 is 17.7 Å². The molecular formula is C26H28F3N3O3. The molecule has 4 rings (SSSR count). The van der Waals surface area contributed by atoms with E-state index in [9.17, 15) is 27.6 Å². The summed E-state index contributed by atoms with van der Waals surface area (Å²) < 4.78 is 39.6. The van der Waals surface area contributed by atoms with E-state index in [-0.39, 0.29) is 43.1 Å². The summed E-state index contributed by atoms with van der Waals surface area (Å²) >= 11 is 0. The van der Waals surface area contributed by atoms with Crippen molar-refractivity contribution in [1.82, 2.24) is 15.1 Å². The Morgan fingerprint density at radius 3 is 2.26 bits per heavy atom. The van der Waals surface area contributed by atoms with E-state index < -0.39 is 17.8 Å². The number of carbonyl (C=O) groups is 3. The van der Waals surface area contributed by atoms with Crippen molar-refractivity contribution in [1.29, 1.82) is 0 Å². The first-order valence-electron chi connectivity index (χ1n) is 11.7. The van der Waals surface area contributed by atoms with Gasteiger partial charge in [0.05, 0.1) is 5.56 Å². The molecule has 2 aliphatic rings. The Morgan fingerprint density at radius 1 is 1.03 bits per heavy atom. The molecule has 2 aromatic carbocycles. The molecule has 6 nitrogen and oxygen atoms in total. The third-order valence-corrected chi connectivity index (χ3v) is 6.61.